The minimum atomic E-state index is -0.222. The molecule has 2 amide bonds. The van der Waals surface area contributed by atoms with Crippen molar-refractivity contribution in [1.82, 2.24) is 9.80 Å². The molecule has 0 aliphatic rings. The van der Waals surface area contributed by atoms with Crippen molar-refractivity contribution in [3.63, 3.8) is 0 Å². The SMILES string of the molecule is CCN(C#N)C(=O)CCCCC(=O)N(C#N)CC. The Balaban J connectivity index is 3.88. The molecule has 0 saturated heterocycles. The predicted molar refractivity (Wildman–Crippen MR) is 64.5 cm³/mol. The molecular weight excluding hydrogens is 232 g/mol. The number of amides is 2. The van der Waals surface area contributed by atoms with E-state index in [1.165, 1.54) is 0 Å². The highest BCUT2D eigenvalue weighted by atomic mass is 16.2. The zero-order chi connectivity index (χ0) is 14.0. The van der Waals surface area contributed by atoms with Crippen LogP contribution in [0.5, 0.6) is 0 Å². The standard InChI is InChI=1S/C12H18N4O2/c1-3-15(9-13)11(17)7-5-6-8-12(18)16(4-2)10-14/h3-8H2,1-2H3. The van der Waals surface area contributed by atoms with Gasteiger partial charge in [-0.3, -0.25) is 9.59 Å². The predicted octanol–water partition coefficient (Wildman–Crippen LogP) is 1.21. The van der Waals surface area contributed by atoms with Crippen LogP contribution < -0.4 is 0 Å². The summed E-state index contributed by atoms with van der Waals surface area (Å²) >= 11 is 0. The van der Waals surface area contributed by atoms with Gasteiger partial charge in [0.1, 0.15) is 0 Å². The summed E-state index contributed by atoms with van der Waals surface area (Å²) in [6, 6.07) is 0. The lowest BCUT2D eigenvalue weighted by molar-refractivity contribution is -0.130. The molecule has 18 heavy (non-hydrogen) atoms. The number of nitrogens with zero attached hydrogens (tertiary/aromatic N) is 4. The first kappa shape index (κ1) is 15.9. The average molecular weight is 250 g/mol. The van der Waals surface area contributed by atoms with Crippen molar-refractivity contribution in [2.24, 2.45) is 0 Å². The quantitative estimate of drug-likeness (QED) is 0.386. The Hall–Kier alpha value is -2.08. The van der Waals surface area contributed by atoms with Gasteiger partial charge in [0.25, 0.3) is 0 Å². The van der Waals surface area contributed by atoms with Crippen molar-refractivity contribution in [1.29, 1.82) is 10.5 Å². The van der Waals surface area contributed by atoms with E-state index in [1.807, 2.05) is 0 Å². The van der Waals surface area contributed by atoms with Gasteiger partial charge in [0, 0.05) is 25.9 Å². The maximum absolute atomic E-state index is 11.5. The van der Waals surface area contributed by atoms with Crippen molar-refractivity contribution < 1.29 is 9.59 Å². The van der Waals surface area contributed by atoms with Crippen molar-refractivity contribution in [3.05, 3.63) is 0 Å². The third-order valence-electron chi connectivity index (χ3n) is 2.51. The molecule has 0 heterocycles. The molecular formula is C12H18N4O2. The highest BCUT2D eigenvalue weighted by Crippen LogP contribution is 2.05. The van der Waals surface area contributed by atoms with E-state index in [1.54, 1.807) is 26.2 Å². The normalized spacial score (nSPS) is 9.11. The first-order chi connectivity index (χ1) is 8.60. The zero-order valence-electron chi connectivity index (χ0n) is 10.8. The van der Waals surface area contributed by atoms with Crippen LogP contribution in [0, 0.1) is 22.9 Å². The van der Waals surface area contributed by atoms with Crippen LogP contribution in [-0.2, 0) is 9.59 Å². The molecule has 0 N–H and O–H groups in total. The third kappa shape index (κ3) is 5.31. The van der Waals surface area contributed by atoms with Crippen molar-refractivity contribution >= 4 is 11.8 Å². The van der Waals surface area contributed by atoms with Gasteiger partial charge in [-0.05, 0) is 26.7 Å². The smallest absolute Gasteiger partial charge is 0.235 e. The highest BCUT2D eigenvalue weighted by molar-refractivity contribution is 5.78. The van der Waals surface area contributed by atoms with Crippen LogP contribution >= 0.6 is 0 Å². The minimum Gasteiger partial charge on any atom is -0.274 e. The highest BCUT2D eigenvalue weighted by Gasteiger charge is 2.12. The molecule has 0 fully saturated rings. The van der Waals surface area contributed by atoms with Gasteiger partial charge in [0.15, 0.2) is 12.4 Å². The summed E-state index contributed by atoms with van der Waals surface area (Å²) in [5, 5.41) is 17.3. The molecule has 0 unspecified atom stereocenters. The van der Waals surface area contributed by atoms with E-state index < -0.39 is 0 Å². The minimum absolute atomic E-state index is 0.222. The molecule has 0 aliphatic heterocycles. The molecule has 0 rings (SSSR count). The van der Waals surface area contributed by atoms with Crippen LogP contribution in [0.4, 0.5) is 0 Å². The van der Waals surface area contributed by atoms with E-state index in [0.29, 0.717) is 25.9 Å². The van der Waals surface area contributed by atoms with Gasteiger partial charge >= 0.3 is 0 Å². The maximum atomic E-state index is 11.5. The summed E-state index contributed by atoms with van der Waals surface area (Å²) in [5.74, 6) is -0.444. The van der Waals surface area contributed by atoms with Crippen LogP contribution in [0.2, 0.25) is 0 Å². The maximum Gasteiger partial charge on any atom is 0.235 e. The summed E-state index contributed by atoms with van der Waals surface area (Å²) < 4.78 is 0. The van der Waals surface area contributed by atoms with Crippen molar-refractivity contribution in [2.75, 3.05) is 13.1 Å². The molecule has 0 aromatic heterocycles. The van der Waals surface area contributed by atoms with E-state index in [-0.39, 0.29) is 24.7 Å². The summed E-state index contributed by atoms with van der Waals surface area (Å²) in [7, 11) is 0. The Kier molecular flexibility index (Phi) is 7.96. The number of hydrogen-bond acceptors (Lipinski definition) is 4. The molecule has 0 aliphatic carbocycles. The number of carbonyl (C=O) groups excluding carboxylic acids is 2. The van der Waals surface area contributed by atoms with Gasteiger partial charge in [-0.2, -0.15) is 10.5 Å². The van der Waals surface area contributed by atoms with E-state index in [9.17, 15) is 9.59 Å². The van der Waals surface area contributed by atoms with Gasteiger partial charge in [-0.1, -0.05) is 0 Å². The summed E-state index contributed by atoms with van der Waals surface area (Å²) in [6.07, 6.45) is 5.22. The van der Waals surface area contributed by atoms with Crippen LogP contribution in [0.1, 0.15) is 39.5 Å². The molecule has 0 spiro atoms. The Morgan fingerprint density at radius 2 is 1.22 bits per heavy atom. The van der Waals surface area contributed by atoms with Gasteiger partial charge in [-0.25, -0.2) is 9.80 Å². The molecule has 98 valence electrons. The topological polar surface area (TPSA) is 88.2 Å². The summed E-state index contributed by atoms with van der Waals surface area (Å²) in [4.78, 5) is 25.1. The van der Waals surface area contributed by atoms with Gasteiger partial charge < -0.3 is 0 Å². The fourth-order valence-electron chi connectivity index (χ4n) is 1.43. The lowest BCUT2D eigenvalue weighted by Gasteiger charge is -2.11. The molecule has 0 aromatic carbocycles. The number of carbonyl (C=O) groups is 2. The first-order valence-electron chi connectivity index (χ1n) is 6.00. The monoisotopic (exact) mass is 250 g/mol. The van der Waals surface area contributed by atoms with E-state index in [4.69, 9.17) is 10.5 Å². The van der Waals surface area contributed by atoms with Crippen LogP contribution in [0.25, 0.3) is 0 Å². The van der Waals surface area contributed by atoms with Crippen LogP contribution in [-0.4, -0.2) is 34.7 Å². The summed E-state index contributed by atoms with van der Waals surface area (Å²) in [5.41, 5.74) is 0. The van der Waals surface area contributed by atoms with Gasteiger partial charge in [-0.15, -0.1) is 0 Å². The van der Waals surface area contributed by atoms with E-state index in [0.717, 1.165) is 9.80 Å². The summed E-state index contributed by atoms with van der Waals surface area (Å²) in [6.45, 7) is 4.20. The van der Waals surface area contributed by atoms with Gasteiger partial charge in [0.05, 0.1) is 0 Å². The second-order valence-electron chi connectivity index (χ2n) is 3.68. The molecule has 6 nitrogen and oxygen atoms in total. The lowest BCUT2D eigenvalue weighted by Crippen LogP contribution is -2.26. The Morgan fingerprint density at radius 3 is 1.44 bits per heavy atom. The van der Waals surface area contributed by atoms with Crippen molar-refractivity contribution in [3.8, 4) is 12.4 Å². The third-order valence-corrected chi connectivity index (χ3v) is 2.51. The molecule has 0 atom stereocenters. The van der Waals surface area contributed by atoms with Crippen LogP contribution in [0.3, 0.4) is 0 Å². The second-order valence-corrected chi connectivity index (χ2v) is 3.68. The molecule has 0 radical (unpaired) electrons. The second kappa shape index (κ2) is 9.00. The van der Waals surface area contributed by atoms with Gasteiger partial charge in [0.2, 0.25) is 11.8 Å². The Morgan fingerprint density at radius 1 is 0.889 bits per heavy atom. The number of unbranched alkanes of at least 4 members (excludes halogenated alkanes) is 1. The first-order valence-corrected chi connectivity index (χ1v) is 6.00. The fourth-order valence-corrected chi connectivity index (χ4v) is 1.43. The number of rotatable bonds is 7. The average Bonchev–Trinajstić information content (AvgIpc) is 2.37. The van der Waals surface area contributed by atoms with Crippen molar-refractivity contribution in [2.45, 2.75) is 39.5 Å². The van der Waals surface area contributed by atoms with E-state index >= 15 is 0 Å². The number of nitriles is 2. The molecule has 0 aromatic rings. The molecule has 0 bridgehead atoms. The Bertz CT molecular complexity index is 331. The Labute approximate surface area is 107 Å². The lowest BCUT2D eigenvalue weighted by atomic mass is 10.1. The fraction of sp³-hybridized carbons (Fsp3) is 0.667. The molecule has 0 saturated carbocycles. The van der Waals surface area contributed by atoms with Crippen LogP contribution in [0.15, 0.2) is 0 Å². The number of hydrogen-bond donors (Lipinski definition) is 0. The molecule has 6 heteroatoms. The largest absolute Gasteiger partial charge is 0.274 e. The van der Waals surface area contributed by atoms with E-state index in [2.05, 4.69) is 0 Å². The zero-order valence-corrected chi connectivity index (χ0v) is 10.8.